The van der Waals surface area contributed by atoms with Crippen LogP contribution in [-0.2, 0) is 17.8 Å². The molecule has 3 rings (SSSR count). The maximum Gasteiger partial charge on any atom is 0.397 e. The first kappa shape index (κ1) is 20.7. The maximum absolute atomic E-state index is 12.3. The van der Waals surface area contributed by atoms with E-state index >= 15 is 0 Å². The van der Waals surface area contributed by atoms with Crippen molar-refractivity contribution in [1.82, 2.24) is 10.2 Å². The first-order valence-electron chi connectivity index (χ1n) is 9.93. The highest BCUT2D eigenvalue weighted by atomic mass is 19.4. The fourth-order valence-corrected chi connectivity index (χ4v) is 4.29. The smallest absolute Gasteiger partial charge is 0.353 e. The van der Waals surface area contributed by atoms with E-state index in [9.17, 15) is 18.0 Å². The van der Waals surface area contributed by atoms with Crippen LogP contribution in [0.5, 0.6) is 0 Å². The van der Waals surface area contributed by atoms with Crippen molar-refractivity contribution in [3.63, 3.8) is 0 Å². The van der Waals surface area contributed by atoms with Gasteiger partial charge in [0.15, 0.2) is 0 Å². The minimum absolute atomic E-state index is 0.123. The lowest BCUT2D eigenvalue weighted by Crippen LogP contribution is -2.40. The lowest BCUT2D eigenvalue weighted by Gasteiger charge is -2.33. The van der Waals surface area contributed by atoms with E-state index in [4.69, 9.17) is 5.26 Å². The number of carbonyl (C=O) groups excluding carboxylic acids is 1. The third kappa shape index (κ3) is 5.96. The van der Waals surface area contributed by atoms with Crippen LogP contribution < -0.4 is 5.32 Å². The van der Waals surface area contributed by atoms with Gasteiger partial charge in [-0.15, -0.1) is 0 Å². The highest BCUT2D eigenvalue weighted by molar-refractivity contribution is 5.76. The van der Waals surface area contributed by atoms with Crippen LogP contribution in [0, 0.1) is 17.2 Å². The first-order valence-corrected chi connectivity index (χ1v) is 9.93. The highest BCUT2D eigenvalue weighted by Crippen LogP contribution is 2.29. The van der Waals surface area contributed by atoms with Crippen LogP contribution in [0.4, 0.5) is 13.2 Å². The summed E-state index contributed by atoms with van der Waals surface area (Å²) in [5, 5.41) is 11.5. The van der Waals surface area contributed by atoms with Crippen LogP contribution >= 0.6 is 0 Å². The molecule has 1 aliphatic carbocycles. The number of hydrogen-bond acceptors (Lipinski definition) is 3. The van der Waals surface area contributed by atoms with Crippen molar-refractivity contribution in [2.45, 2.75) is 63.7 Å². The number of benzene rings is 1. The molecule has 1 heterocycles. The van der Waals surface area contributed by atoms with E-state index in [1.165, 1.54) is 11.1 Å². The fourth-order valence-electron chi connectivity index (χ4n) is 4.29. The van der Waals surface area contributed by atoms with Gasteiger partial charge >= 0.3 is 6.18 Å². The first-order chi connectivity index (χ1) is 13.3. The molecule has 1 amide bonds. The number of nitriles is 1. The number of nitrogens with zero attached hydrogens (tertiary/aromatic N) is 2. The summed E-state index contributed by atoms with van der Waals surface area (Å²) in [6, 6.07) is 7.97. The summed E-state index contributed by atoms with van der Waals surface area (Å²) in [7, 11) is 0. The molecular weight excluding hydrogens is 367 g/mol. The Morgan fingerprint density at radius 3 is 2.64 bits per heavy atom. The SMILES string of the molecule is N#Cc1ccc2c(c1)CCN(CC[C@H]1CC[C@H](NC(=O)CC(F)(F)F)CC1)C2. The summed E-state index contributed by atoms with van der Waals surface area (Å²) < 4.78 is 36.8. The van der Waals surface area contributed by atoms with Crippen molar-refractivity contribution in [2.24, 2.45) is 5.92 Å². The average molecular weight is 393 g/mol. The minimum Gasteiger partial charge on any atom is -0.353 e. The van der Waals surface area contributed by atoms with Crippen molar-refractivity contribution in [2.75, 3.05) is 13.1 Å². The molecule has 7 heteroatoms. The Balaban J connectivity index is 1.38. The average Bonchev–Trinajstić information content (AvgIpc) is 2.65. The molecule has 0 atom stereocenters. The second kappa shape index (κ2) is 8.95. The van der Waals surface area contributed by atoms with Crippen LogP contribution in [0.15, 0.2) is 18.2 Å². The summed E-state index contributed by atoms with van der Waals surface area (Å²) in [5.41, 5.74) is 3.28. The highest BCUT2D eigenvalue weighted by Gasteiger charge is 2.32. The van der Waals surface area contributed by atoms with Crippen molar-refractivity contribution in [3.05, 3.63) is 34.9 Å². The van der Waals surface area contributed by atoms with Gasteiger partial charge in [0.2, 0.25) is 5.91 Å². The molecule has 0 aromatic heterocycles. The molecule has 0 radical (unpaired) electrons. The van der Waals surface area contributed by atoms with Gasteiger partial charge in [-0.05, 0) is 74.2 Å². The summed E-state index contributed by atoms with van der Waals surface area (Å²) in [6.07, 6.45) is -0.372. The molecule has 1 fully saturated rings. The van der Waals surface area contributed by atoms with Crippen molar-refractivity contribution in [1.29, 1.82) is 5.26 Å². The third-order valence-corrected chi connectivity index (χ3v) is 5.85. The molecule has 152 valence electrons. The van der Waals surface area contributed by atoms with Crippen LogP contribution in [0.1, 0.15) is 55.2 Å². The second-order valence-corrected chi connectivity index (χ2v) is 7.99. The molecule has 2 aliphatic rings. The largest absolute Gasteiger partial charge is 0.397 e. The van der Waals surface area contributed by atoms with Gasteiger partial charge in [-0.2, -0.15) is 18.4 Å². The van der Waals surface area contributed by atoms with Gasteiger partial charge in [-0.25, -0.2) is 0 Å². The Kier molecular flexibility index (Phi) is 6.61. The standard InChI is InChI=1S/C21H26F3N3O/c22-21(23,24)12-20(28)26-19-5-2-15(3-6-19)7-9-27-10-8-17-11-16(13-25)1-4-18(17)14-27/h1,4,11,15,19H,2-3,5-10,12,14H2,(H,26,28)/t15-,19-. The van der Waals surface area contributed by atoms with E-state index in [0.717, 1.165) is 58.2 Å². The van der Waals surface area contributed by atoms with E-state index in [2.05, 4.69) is 22.4 Å². The molecule has 0 bridgehead atoms. The Morgan fingerprint density at radius 1 is 1.21 bits per heavy atom. The maximum atomic E-state index is 12.3. The zero-order chi connectivity index (χ0) is 20.1. The lowest BCUT2D eigenvalue weighted by atomic mass is 9.84. The predicted molar refractivity (Wildman–Crippen MR) is 99.3 cm³/mol. The Labute approximate surface area is 163 Å². The number of carbonyl (C=O) groups is 1. The number of halogens is 3. The quantitative estimate of drug-likeness (QED) is 0.825. The Morgan fingerprint density at radius 2 is 1.96 bits per heavy atom. The van der Waals surface area contributed by atoms with E-state index in [1.54, 1.807) is 0 Å². The van der Waals surface area contributed by atoms with E-state index in [-0.39, 0.29) is 6.04 Å². The number of alkyl halides is 3. The molecule has 1 aromatic carbocycles. The second-order valence-electron chi connectivity index (χ2n) is 7.99. The van der Waals surface area contributed by atoms with E-state index in [1.807, 2.05) is 12.1 Å². The molecule has 0 saturated heterocycles. The number of fused-ring (bicyclic) bond motifs is 1. The molecule has 1 aromatic rings. The monoisotopic (exact) mass is 393 g/mol. The van der Waals surface area contributed by atoms with Gasteiger partial charge in [0.05, 0.1) is 11.6 Å². The molecule has 0 spiro atoms. The third-order valence-electron chi connectivity index (χ3n) is 5.85. The van der Waals surface area contributed by atoms with Crippen LogP contribution in [0.25, 0.3) is 0 Å². The van der Waals surface area contributed by atoms with Crippen LogP contribution in [0.2, 0.25) is 0 Å². The number of nitrogens with one attached hydrogen (secondary N) is 1. The van der Waals surface area contributed by atoms with E-state index < -0.39 is 18.5 Å². The van der Waals surface area contributed by atoms with Crippen molar-refractivity contribution >= 4 is 5.91 Å². The molecule has 1 saturated carbocycles. The summed E-state index contributed by atoms with van der Waals surface area (Å²) in [6.45, 7) is 2.91. The van der Waals surface area contributed by atoms with Crippen LogP contribution in [-0.4, -0.2) is 36.1 Å². The Hall–Kier alpha value is -2.07. The fraction of sp³-hybridized carbons (Fsp3) is 0.619. The predicted octanol–water partition coefficient (Wildman–Crippen LogP) is 3.93. The topological polar surface area (TPSA) is 56.1 Å². The number of amides is 1. The lowest BCUT2D eigenvalue weighted by molar-refractivity contribution is -0.154. The molecule has 1 N–H and O–H groups in total. The van der Waals surface area contributed by atoms with Gasteiger partial charge in [0.25, 0.3) is 0 Å². The molecular formula is C21H26F3N3O. The van der Waals surface area contributed by atoms with Gasteiger partial charge in [0, 0.05) is 19.1 Å². The normalized spacial score (nSPS) is 22.9. The number of rotatable bonds is 5. The number of hydrogen-bond donors (Lipinski definition) is 1. The van der Waals surface area contributed by atoms with Crippen molar-refractivity contribution in [3.8, 4) is 6.07 Å². The minimum atomic E-state index is -4.44. The summed E-state index contributed by atoms with van der Waals surface area (Å²) in [4.78, 5) is 13.9. The van der Waals surface area contributed by atoms with Gasteiger partial charge in [-0.3, -0.25) is 9.69 Å². The van der Waals surface area contributed by atoms with E-state index in [0.29, 0.717) is 11.5 Å². The summed E-state index contributed by atoms with van der Waals surface area (Å²) in [5.74, 6) is -0.347. The molecule has 1 aliphatic heterocycles. The molecule has 28 heavy (non-hydrogen) atoms. The summed E-state index contributed by atoms with van der Waals surface area (Å²) >= 11 is 0. The molecule has 0 unspecified atom stereocenters. The van der Waals surface area contributed by atoms with Gasteiger partial charge in [0.1, 0.15) is 6.42 Å². The van der Waals surface area contributed by atoms with Gasteiger partial charge < -0.3 is 5.32 Å². The Bertz CT molecular complexity index is 733. The van der Waals surface area contributed by atoms with Crippen molar-refractivity contribution < 1.29 is 18.0 Å². The van der Waals surface area contributed by atoms with Crippen LogP contribution in [0.3, 0.4) is 0 Å². The zero-order valence-corrected chi connectivity index (χ0v) is 15.9. The molecule has 4 nitrogen and oxygen atoms in total. The zero-order valence-electron chi connectivity index (χ0n) is 15.9. The van der Waals surface area contributed by atoms with Gasteiger partial charge in [-0.1, -0.05) is 6.07 Å².